The maximum Gasteiger partial charge on any atom is 0.325 e. The number of amides is 3. The van der Waals surface area contributed by atoms with Gasteiger partial charge in [-0.05, 0) is 12.1 Å². The number of imide groups is 1. The number of carbonyl (C=O) groups is 2. The Hall–Kier alpha value is -3.02. The van der Waals surface area contributed by atoms with E-state index < -0.39 is 11.6 Å². The molecule has 3 amide bonds. The number of nitrogens with zero attached hydrogens (tertiary/aromatic N) is 1. The number of urea groups is 1. The molecule has 0 aromatic heterocycles. The fraction of sp³-hybridized carbons (Fsp3) is 0.263. The molecule has 0 bridgehead atoms. The van der Waals surface area contributed by atoms with Gasteiger partial charge in [-0.25, -0.2) is 4.79 Å². The van der Waals surface area contributed by atoms with Crippen LogP contribution in [0.5, 0.6) is 11.5 Å². The highest BCUT2D eigenvalue weighted by atomic mass is 16.5. The summed E-state index contributed by atoms with van der Waals surface area (Å²) in [6, 6.07) is 14.3. The normalized spacial score (nSPS) is 21.7. The maximum absolute atomic E-state index is 13.2. The lowest BCUT2D eigenvalue weighted by Crippen LogP contribution is -2.47. The fourth-order valence-corrected chi connectivity index (χ4v) is 3.52. The summed E-state index contributed by atoms with van der Waals surface area (Å²) >= 11 is 0. The molecule has 25 heavy (non-hydrogen) atoms. The molecule has 128 valence electrons. The Labute approximate surface area is 145 Å². The zero-order chi connectivity index (χ0) is 17.4. The molecule has 6 nitrogen and oxygen atoms in total. The van der Waals surface area contributed by atoms with Crippen LogP contribution in [0.4, 0.5) is 4.79 Å². The lowest BCUT2D eigenvalue weighted by molar-refractivity contribution is -0.133. The Balaban J connectivity index is 1.70. The van der Waals surface area contributed by atoms with Crippen LogP contribution >= 0.6 is 0 Å². The van der Waals surface area contributed by atoms with Gasteiger partial charge >= 0.3 is 6.03 Å². The highest BCUT2D eigenvalue weighted by Crippen LogP contribution is 2.41. The highest BCUT2D eigenvalue weighted by molar-refractivity contribution is 6.07. The molecule has 4 rings (SSSR count). The number of benzene rings is 2. The summed E-state index contributed by atoms with van der Waals surface area (Å²) in [6.45, 7) is 0.547. The van der Waals surface area contributed by atoms with Gasteiger partial charge in [-0.3, -0.25) is 9.69 Å². The van der Waals surface area contributed by atoms with Crippen LogP contribution in [0.25, 0.3) is 0 Å². The van der Waals surface area contributed by atoms with E-state index in [2.05, 4.69) is 5.32 Å². The minimum atomic E-state index is -1.05. The molecule has 0 unspecified atom stereocenters. The van der Waals surface area contributed by atoms with E-state index in [1.807, 2.05) is 48.5 Å². The second-order valence-corrected chi connectivity index (χ2v) is 6.13. The zero-order valence-electron chi connectivity index (χ0n) is 13.8. The Morgan fingerprint density at radius 3 is 2.76 bits per heavy atom. The van der Waals surface area contributed by atoms with Crippen molar-refractivity contribution < 1.29 is 19.1 Å². The third kappa shape index (κ3) is 2.33. The predicted molar refractivity (Wildman–Crippen MR) is 90.3 cm³/mol. The molecule has 2 aliphatic rings. The van der Waals surface area contributed by atoms with E-state index >= 15 is 0 Å². The SMILES string of the molecule is COc1ccccc1CN1C(=O)N[C@]2(CCOc3ccccc32)C1=O. The van der Waals surface area contributed by atoms with Crippen LogP contribution in [-0.4, -0.2) is 30.6 Å². The first-order valence-electron chi connectivity index (χ1n) is 8.14. The van der Waals surface area contributed by atoms with Crippen molar-refractivity contribution in [3.8, 4) is 11.5 Å². The van der Waals surface area contributed by atoms with Crippen LogP contribution < -0.4 is 14.8 Å². The molecule has 1 saturated heterocycles. The number of fused-ring (bicyclic) bond motifs is 2. The second kappa shape index (κ2) is 5.81. The van der Waals surface area contributed by atoms with E-state index in [9.17, 15) is 9.59 Å². The fourth-order valence-electron chi connectivity index (χ4n) is 3.52. The lowest BCUT2D eigenvalue weighted by atomic mass is 9.84. The summed E-state index contributed by atoms with van der Waals surface area (Å²) in [5.41, 5.74) is 0.446. The minimum absolute atomic E-state index is 0.166. The smallest absolute Gasteiger partial charge is 0.325 e. The van der Waals surface area contributed by atoms with E-state index in [4.69, 9.17) is 9.47 Å². The van der Waals surface area contributed by atoms with Gasteiger partial charge in [0, 0.05) is 17.5 Å². The number of ether oxygens (including phenoxy) is 2. The number of para-hydroxylation sites is 2. The van der Waals surface area contributed by atoms with Crippen LogP contribution in [0.3, 0.4) is 0 Å². The van der Waals surface area contributed by atoms with Crippen molar-refractivity contribution in [2.45, 2.75) is 18.5 Å². The van der Waals surface area contributed by atoms with Crippen LogP contribution in [-0.2, 0) is 16.9 Å². The van der Waals surface area contributed by atoms with Crippen molar-refractivity contribution in [3.63, 3.8) is 0 Å². The van der Waals surface area contributed by atoms with Crippen molar-refractivity contribution >= 4 is 11.9 Å². The molecular formula is C19H18N2O4. The molecule has 1 spiro atoms. The minimum Gasteiger partial charge on any atom is -0.496 e. The highest BCUT2D eigenvalue weighted by Gasteiger charge is 2.54. The molecule has 1 fully saturated rings. The first kappa shape index (κ1) is 15.5. The summed E-state index contributed by atoms with van der Waals surface area (Å²) < 4.78 is 11.0. The Bertz CT molecular complexity index is 851. The van der Waals surface area contributed by atoms with E-state index in [0.717, 1.165) is 5.56 Å². The number of hydrogen-bond acceptors (Lipinski definition) is 4. The molecule has 1 atom stereocenters. The van der Waals surface area contributed by atoms with E-state index in [0.29, 0.717) is 30.1 Å². The van der Waals surface area contributed by atoms with E-state index in [1.165, 1.54) is 4.90 Å². The number of nitrogens with one attached hydrogen (secondary N) is 1. The van der Waals surface area contributed by atoms with Crippen molar-refractivity contribution in [1.82, 2.24) is 10.2 Å². The Morgan fingerprint density at radius 1 is 1.16 bits per heavy atom. The van der Waals surface area contributed by atoms with Gasteiger partial charge in [0.05, 0.1) is 20.3 Å². The van der Waals surface area contributed by atoms with Crippen molar-refractivity contribution in [1.29, 1.82) is 0 Å². The molecule has 2 aromatic rings. The summed E-state index contributed by atoms with van der Waals surface area (Å²) in [7, 11) is 1.57. The largest absolute Gasteiger partial charge is 0.496 e. The number of rotatable bonds is 3. The van der Waals surface area contributed by atoms with Gasteiger partial charge in [0.15, 0.2) is 5.54 Å². The molecule has 6 heteroatoms. The number of hydrogen-bond donors (Lipinski definition) is 1. The summed E-state index contributed by atoms with van der Waals surface area (Å²) in [5, 5.41) is 2.90. The summed E-state index contributed by atoms with van der Waals surface area (Å²) in [5.74, 6) is 1.04. The molecule has 2 aliphatic heterocycles. The van der Waals surface area contributed by atoms with E-state index in [-0.39, 0.29) is 12.5 Å². The van der Waals surface area contributed by atoms with Crippen molar-refractivity contribution in [2.24, 2.45) is 0 Å². The maximum atomic E-state index is 13.2. The zero-order valence-corrected chi connectivity index (χ0v) is 13.8. The summed E-state index contributed by atoms with van der Waals surface area (Å²) in [6.07, 6.45) is 0.414. The third-order valence-electron chi connectivity index (χ3n) is 4.78. The third-order valence-corrected chi connectivity index (χ3v) is 4.78. The number of carbonyl (C=O) groups excluding carboxylic acids is 2. The molecule has 0 saturated carbocycles. The van der Waals surface area contributed by atoms with Crippen LogP contribution in [0.1, 0.15) is 17.5 Å². The molecular weight excluding hydrogens is 320 g/mol. The standard InChI is InChI=1S/C19H18N2O4/c1-24-15-8-4-2-6-13(15)12-21-17(22)19(20-18(21)23)10-11-25-16-9-5-3-7-14(16)19/h2-9H,10-12H2,1H3,(H,20,23)/t19-/m0/s1. The summed E-state index contributed by atoms with van der Waals surface area (Å²) in [4.78, 5) is 27.0. The average molecular weight is 338 g/mol. The molecule has 2 heterocycles. The van der Waals surface area contributed by atoms with Crippen LogP contribution in [0.2, 0.25) is 0 Å². The molecule has 2 aromatic carbocycles. The van der Waals surface area contributed by atoms with Gasteiger partial charge in [0.25, 0.3) is 5.91 Å². The van der Waals surface area contributed by atoms with Gasteiger partial charge < -0.3 is 14.8 Å². The van der Waals surface area contributed by atoms with Gasteiger partial charge in [0.1, 0.15) is 11.5 Å². The first-order chi connectivity index (χ1) is 12.2. The second-order valence-electron chi connectivity index (χ2n) is 6.13. The quantitative estimate of drug-likeness (QED) is 0.873. The topological polar surface area (TPSA) is 67.9 Å². The van der Waals surface area contributed by atoms with Crippen LogP contribution in [0.15, 0.2) is 48.5 Å². The number of methoxy groups -OCH3 is 1. The van der Waals surface area contributed by atoms with Gasteiger partial charge in [-0.15, -0.1) is 0 Å². The van der Waals surface area contributed by atoms with Crippen LogP contribution in [0, 0.1) is 0 Å². The predicted octanol–water partition coefficient (Wildman–Crippen LogP) is 2.43. The van der Waals surface area contributed by atoms with Gasteiger partial charge in [0.2, 0.25) is 0 Å². The first-order valence-corrected chi connectivity index (χ1v) is 8.14. The molecule has 0 radical (unpaired) electrons. The average Bonchev–Trinajstić information content (AvgIpc) is 2.87. The Kier molecular flexibility index (Phi) is 3.60. The van der Waals surface area contributed by atoms with Crippen molar-refractivity contribution in [2.75, 3.05) is 13.7 Å². The van der Waals surface area contributed by atoms with Crippen molar-refractivity contribution in [3.05, 3.63) is 59.7 Å². The molecule has 0 aliphatic carbocycles. The van der Waals surface area contributed by atoms with Gasteiger partial charge in [-0.2, -0.15) is 0 Å². The monoisotopic (exact) mass is 338 g/mol. The molecule has 1 N–H and O–H groups in total. The Morgan fingerprint density at radius 2 is 1.92 bits per heavy atom. The lowest BCUT2D eigenvalue weighted by Gasteiger charge is -2.33. The van der Waals surface area contributed by atoms with E-state index in [1.54, 1.807) is 7.11 Å². The van der Waals surface area contributed by atoms with Gasteiger partial charge in [-0.1, -0.05) is 36.4 Å².